The molecule has 0 spiro atoms. The van der Waals surface area contributed by atoms with Gasteiger partial charge >= 0.3 is 12.1 Å². The molecule has 0 aliphatic carbocycles. The lowest BCUT2D eigenvalue weighted by Gasteiger charge is -2.22. The summed E-state index contributed by atoms with van der Waals surface area (Å²) < 4.78 is 15.7. The van der Waals surface area contributed by atoms with E-state index in [-0.39, 0.29) is 31.0 Å². The van der Waals surface area contributed by atoms with Gasteiger partial charge in [0.25, 0.3) is 0 Å². The third-order valence-corrected chi connectivity index (χ3v) is 3.62. The summed E-state index contributed by atoms with van der Waals surface area (Å²) in [5.74, 6) is -0.650. The molecule has 1 aromatic carbocycles. The fourth-order valence-electron chi connectivity index (χ4n) is 2.46. The lowest BCUT2D eigenvalue weighted by molar-refractivity contribution is -0.145. The predicted octanol–water partition coefficient (Wildman–Crippen LogP) is 3.85. The van der Waals surface area contributed by atoms with Gasteiger partial charge in [-0.05, 0) is 46.2 Å². The Bertz CT molecular complexity index is 784. The van der Waals surface area contributed by atoms with Crippen molar-refractivity contribution in [2.75, 3.05) is 6.61 Å². The van der Waals surface area contributed by atoms with E-state index in [2.05, 4.69) is 5.32 Å². The topological polar surface area (TPSA) is 94.8 Å². The van der Waals surface area contributed by atoms with Crippen LogP contribution in [0.15, 0.2) is 34.7 Å². The molecule has 0 aliphatic rings. The normalized spacial score (nSPS) is 12.4. The maximum absolute atomic E-state index is 12.4. The molecular weight excluding hydrogens is 350 g/mol. The Balaban J connectivity index is 2.02. The third kappa shape index (κ3) is 6.13. The summed E-state index contributed by atoms with van der Waals surface area (Å²) in [6, 6.07) is 7.99. The standard InChI is InChI=1S/C20H25NO6/c1-5-25-18(23)14(21-19(24)27-20(2,3)4)10-11-15(22)17-12-13-8-6-7-9-16(13)26-17/h6-9,12,14H,5,10-11H2,1-4H3,(H,21,24). The van der Waals surface area contributed by atoms with Crippen molar-refractivity contribution in [3.8, 4) is 0 Å². The first-order chi connectivity index (χ1) is 12.7. The molecular formula is C20H25NO6. The van der Waals surface area contributed by atoms with Crippen LogP contribution in [0.4, 0.5) is 4.79 Å². The van der Waals surface area contributed by atoms with E-state index < -0.39 is 23.7 Å². The number of alkyl carbamates (subject to hydrolysis) is 1. The summed E-state index contributed by atoms with van der Waals surface area (Å²) >= 11 is 0. The van der Waals surface area contributed by atoms with Crippen LogP contribution in [0.3, 0.4) is 0 Å². The van der Waals surface area contributed by atoms with Crippen LogP contribution in [0.5, 0.6) is 0 Å². The van der Waals surface area contributed by atoms with E-state index in [9.17, 15) is 14.4 Å². The Morgan fingerprint density at radius 1 is 1.19 bits per heavy atom. The quantitative estimate of drug-likeness (QED) is 0.583. The van der Waals surface area contributed by atoms with Crippen LogP contribution in [0.2, 0.25) is 0 Å². The van der Waals surface area contributed by atoms with Crippen molar-refractivity contribution in [1.29, 1.82) is 0 Å². The van der Waals surface area contributed by atoms with Crippen molar-refractivity contribution in [3.63, 3.8) is 0 Å². The highest BCUT2D eigenvalue weighted by atomic mass is 16.6. The monoisotopic (exact) mass is 375 g/mol. The molecule has 0 bridgehead atoms. The Labute approximate surface area is 158 Å². The maximum atomic E-state index is 12.4. The summed E-state index contributed by atoms with van der Waals surface area (Å²) in [6.45, 7) is 7.00. The molecule has 0 radical (unpaired) electrons. The van der Waals surface area contributed by atoms with Gasteiger partial charge in [-0.3, -0.25) is 4.79 Å². The van der Waals surface area contributed by atoms with E-state index in [0.717, 1.165) is 5.39 Å². The Morgan fingerprint density at radius 3 is 2.52 bits per heavy atom. The molecule has 1 aromatic heterocycles. The predicted molar refractivity (Wildman–Crippen MR) is 99.6 cm³/mol. The molecule has 1 atom stereocenters. The van der Waals surface area contributed by atoms with Gasteiger partial charge in [-0.25, -0.2) is 9.59 Å². The van der Waals surface area contributed by atoms with Gasteiger partial charge in [0.15, 0.2) is 11.5 Å². The van der Waals surface area contributed by atoms with Crippen LogP contribution in [0.1, 0.15) is 51.1 Å². The highest BCUT2D eigenvalue weighted by Gasteiger charge is 2.26. The van der Waals surface area contributed by atoms with Gasteiger partial charge in [0.05, 0.1) is 6.61 Å². The molecule has 0 saturated carbocycles. The Kier molecular flexibility index (Phi) is 6.60. The average molecular weight is 375 g/mol. The molecule has 1 amide bonds. The van der Waals surface area contributed by atoms with Crippen LogP contribution >= 0.6 is 0 Å². The van der Waals surface area contributed by atoms with Gasteiger partial charge in [0.1, 0.15) is 17.2 Å². The second-order valence-corrected chi connectivity index (χ2v) is 7.06. The minimum absolute atomic E-state index is 0.0130. The van der Waals surface area contributed by atoms with Gasteiger partial charge in [-0.1, -0.05) is 18.2 Å². The zero-order valence-corrected chi connectivity index (χ0v) is 16.0. The lowest BCUT2D eigenvalue weighted by Crippen LogP contribution is -2.44. The summed E-state index contributed by atoms with van der Waals surface area (Å²) in [5.41, 5.74) is -0.0809. The second-order valence-electron chi connectivity index (χ2n) is 7.06. The fourth-order valence-corrected chi connectivity index (χ4v) is 2.46. The summed E-state index contributed by atoms with van der Waals surface area (Å²) in [7, 11) is 0. The Morgan fingerprint density at radius 2 is 1.89 bits per heavy atom. The zero-order chi connectivity index (χ0) is 20.0. The molecule has 1 unspecified atom stereocenters. The molecule has 7 nitrogen and oxygen atoms in total. The van der Waals surface area contributed by atoms with Crippen molar-refractivity contribution < 1.29 is 28.3 Å². The summed E-state index contributed by atoms with van der Waals surface area (Å²) in [6.07, 6.45) is -0.649. The molecule has 2 rings (SSSR count). The number of furan rings is 1. The number of ether oxygens (including phenoxy) is 2. The number of nitrogens with one attached hydrogen (secondary N) is 1. The number of benzene rings is 1. The minimum Gasteiger partial charge on any atom is -0.464 e. The van der Waals surface area contributed by atoms with Gasteiger partial charge in [-0.15, -0.1) is 0 Å². The molecule has 7 heteroatoms. The maximum Gasteiger partial charge on any atom is 0.408 e. The lowest BCUT2D eigenvalue weighted by atomic mass is 10.1. The molecule has 0 fully saturated rings. The highest BCUT2D eigenvalue weighted by Crippen LogP contribution is 2.20. The van der Waals surface area contributed by atoms with E-state index in [1.54, 1.807) is 39.8 Å². The minimum atomic E-state index is -0.979. The SMILES string of the molecule is CCOC(=O)C(CCC(=O)c1cc2ccccc2o1)NC(=O)OC(C)(C)C. The smallest absolute Gasteiger partial charge is 0.408 e. The molecule has 146 valence electrons. The van der Waals surface area contributed by atoms with Crippen LogP contribution in [-0.4, -0.2) is 36.1 Å². The van der Waals surface area contributed by atoms with Crippen molar-refractivity contribution in [3.05, 3.63) is 36.1 Å². The number of carbonyl (C=O) groups is 3. The number of para-hydroxylation sites is 1. The number of amides is 1. The molecule has 1 N–H and O–H groups in total. The number of Topliss-reactive ketones (excluding diaryl/α,β-unsaturated/α-hetero) is 1. The van der Waals surface area contributed by atoms with Crippen molar-refractivity contribution in [1.82, 2.24) is 5.32 Å². The molecule has 27 heavy (non-hydrogen) atoms. The van der Waals surface area contributed by atoms with Crippen LogP contribution in [0.25, 0.3) is 11.0 Å². The molecule has 2 aromatic rings. The number of hydrogen-bond acceptors (Lipinski definition) is 6. The fraction of sp³-hybridized carbons (Fsp3) is 0.450. The number of hydrogen-bond donors (Lipinski definition) is 1. The highest BCUT2D eigenvalue weighted by molar-refractivity contribution is 5.97. The largest absolute Gasteiger partial charge is 0.464 e. The first kappa shape index (κ1) is 20.5. The molecule has 1 heterocycles. The van der Waals surface area contributed by atoms with E-state index in [4.69, 9.17) is 13.9 Å². The van der Waals surface area contributed by atoms with Crippen molar-refractivity contribution >= 4 is 28.8 Å². The number of fused-ring (bicyclic) bond motifs is 1. The first-order valence-corrected chi connectivity index (χ1v) is 8.87. The number of esters is 1. The zero-order valence-electron chi connectivity index (χ0n) is 16.0. The van der Waals surface area contributed by atoms with Crippen molar-refractivity contribution in [2.24, 2.45) is 0 Å². The number of carbonyl (C=O) groups excluding carboxylic acids is 3. The van der Waals surface area contributed by atoms with Gasteiger partial charge < -0.3 is 19.2 Å². The number of ketones is 1. The average Bonchev–Trinajstić information content (AvgIpc) is 3.01. The van der Waals surface area contributed by atoms with E-state index in [0.29, 0.717) is 5.58 Å². The van der Waals surface area contributed by atoms with Crippen molar-refractivity contribution in [2.45, 2.75) is 52.2 Å². The van der Waals surface area contributed by atoms with Crippen LogP contribution < -0.4 is 5.32 Å². The molecule has 0 aliphatic heterocycles. The Hall–Kier alpha value is -2.83. The van der Waals surface area contributed by atoms with Crippen LogP contribution in [-0.2, 0) is 14.3 Å². The summed E-state index contributed by atoms with van der Waals surface area (Å²) in [4.78, 5) is 36.5. The second kappa shape index (κ2) is 8.70. The van der Waals surface area contributed by atoms with Gasteiger partial charge in [0.2, 0.25) is 0 Å². The van der Waals surface area contributed by atoms with E-state index in [1.807, 2.05) is 18.2 Å². The first-order valence-electron chi connectivity index (χ1n) is 8.87. The van der Waals surface area contributed by atoms with Gasteiger partial charge in [-0.2, -0.15) is 0 Å². The van der Waals surface area contributed by atoms with E-state index >= 15 is 0 Å². The van der Waals surface area contributed by atoms with E-state index in [1.165, 1.54) is 0 Å². The summed E-state index contributed by atoms with van der Waals surface area (Å²) in [5, 5.41) is 3.30. The molecule has 0 saturated heterocycles. The van der Waals surface area contributed by atoms with Crippen LogP contribution in [0, 0.1) is 0 Å². The van der Waals surface area contributed by atoms with Gasteiger partial charge in [0, 0.05) is 11.8 Å². The number of rotatable bonds is 7. The third-order valence-electron chi connectivity index (χ3n) is 3.62.